The van der Waals surface area contributed by atoms with Crippen molar-refractivity contribution in [3.05, 3.63) is 71.6 Å². The van der Waals surface area contributed by atoms with Crippen molar-refractivity contribution >= 4 is 75.1 Å². The van der Waals surface area contributed by atoms with Gasteiger partial charge in [0.05, 0.1) is 13.3 Å². The third-order valence-corrected chi connectivity index (χ3v) is 10.1. The minimum absolute atomic E-state index is 0.0427. The number of imidazole rings is 1. The summed E-state index contributed by atoms with van der Waals surface area (Å²) in [6.07, 6.45) is 2.51. The van der Waals surface area contributed by atoms with Crippen molar-refractivity contribution in [1.82, 2.24) is 29.1 Å². The highest BCUT2D eigenvalue weighted by Crippen LogP contribution is 2.41. The van der Waals surface area contributed by atoms with Gasteiger partial charge in [-0.15, -0.1) is 11.8 Å². The second-order valence-electron chi connectivity index (χ2n) is 13.3. The van der Waals surface area contributed by atoms with E-state index in [0.29, 0.717) is 28.0 Å². The molecule has 3 aromatic heterocycles. The molecule has 0 aliphatic carbocycles. The Morgan fingerprint density at radius 1 is 1.14 bits per heavy atom. The summed E-state index contributed by atoms with van der Waals surface area (Å²) < 4.78 is 23.8. The van der Waals surface area contributed by atoms with Gasteiger partial charge in [0.15, 0.2) is 0 Å². The average Bonchev–Trinajstić information content (AvgIpc) is 3.79. The van der Waals surface area contributed by atoms with E-state index in [1.807, 2.05) is 0 Å². The number of esters is 1. The zero-order valence-corrected chi connectivity index (χ0v) is 32.6. The van der Waals surface area contributed by atoms with E-state index in [1.165, 1.54) is 23.0 Å². The molecule has 0 bridgehead atoms. The van der Waals surface area contributed by atoms with E-state index in [1.54, 1.807) is 86.5 Å². The Morgan fingerprint density at radius 2 is 1.91 bits per heavy atom. The number of carbonyl (C=O) groups is 5. The molecule has 6 rings (SSSR count). The Morgan fingerprint density at radius 3 is 2.61 bits per heavy atom. The SMILES string of the molecule is CCO/N=C(\C(=O)NC1C(=O)N2C(C(=O)OCc3ccc(OC)cc3)=C(C[n+]3cccc4c3ncn4CC(N)=O)CSC12)c1nsc(NC(=O)OC(C)(C)C)n1. The Kier molecular flexibility index (Phi) is 11.8. The maximum atomic E-state index is 13.9. The Labute approximate surface area is 328 Å². The van der Waals surface area contributed by atoms with Crippen LogP contribution in [0.3, 0.4) is 0 Å². The van der Waals surface area contributed by atoms with Crippen LogP contribution in [0.25, 0.3) is 11.2 Å². The first-order chi connectivity index (χ1) is 26.8. The lowest BCUT2D eigenvalue weighted by atomic mass is 10.0. The largest absolute Gasteiger partial charge is 0.497 e. The highest BCUT2D eigenvalue weighted by atomic mass is 32.2. The van der Waals surface area contributed by atoms with Gasteiger partial charge in [-0.3, -0.25) is 29.2 Å². The first-order valence-electron chi connectivity index (χ1n) is 17.2. The number of ether oxygens (including phenoxy) is 3. The monoisotopic (exact) mass is 807 g/mol. The molecule has 2 atom stereocenters. The lowest BCUT2D eigenvalue weighted by molar-refractivity contribution is -0.664. The number of benzene rings is 1. The summed E-state index contributed by atoms with van der Waals surface area (Å²) in [5.41, 5.74) is 6.82. The Bertz CT molecular complexity index is 2230. The van der Waals surface area contributed by atoms with Crippen molar-refractivity contribution < 1.29 is 47.6 Å². The zero-order chi connectivity index (χ0) is 40.1. The number of oxime groups is 1. The van der Waals surface area contributed by atoms with Gasteiger partial charge in [-0.1, -0.05) is 17.3 Å². The van der Waals surface area contributed by atoms with Crippen LogP contribution in [-0.4, -0.2) is 95.8 Å². The third-order valence-electron chi connectivity index (χ3n) is 8.14. The molecule has 0 saturated carbocycles. The lowest BCUT2D eigenvalue weighted by Crippen LogP contribution is -2.71. The van der Waals surface area contributed by atoms with Crippen LogP contribution in [0.1, 0.15) is 39.1 Å². The molecule has 1 aromatic carbocycles. The van der Waals surface area contributed by atoms with Crippen LogP contribution in [0, 0.1) is 0 Å². The van der Waals surface area contributed by atoms with Crippen LogP contribution < -0.4 is 25.7 Å². The molecule has 4 aromatic rings. The number of anilines is 1. The fourth-order valence-electron chi connectivity index (χ4n) is 5.72. The molecule has 1 fully saturated rings. The van der Waals surface area contributed by atoms with Crippen LogP contribution >= 0.6 is 23.3 Å². The maximum Gasteiger partial charge on any atom is 0.414 e. The maximum absolute atomic E-state index is 13.9. The molecular weight excluding hydrogens is 769 g/mol. The molecule has 4 N–H and O–H groups in total. The number of primary amides is 1. The standard InChI is InChI=1S/C35H38N10O9S2/c1-6-53-41-24(27-39-33(56-42-27)40-34(50)54-35(2,3)4)29(47)38-25-30(48)45-26(32(49)52-16-19-9-11-21(51-5)12-10-19)20(17-55-31(25)45)14-43-13-7-8-22-28(43)37-18-44(22)15-23(36)46/h7-13,18,25,31H,6,14-17H2,1-5H3,(H3-,36,38,39,40,42,46,47,50)/p+1/b41-24-. The van der Waals surface area contributed by atoms with Gasteiger partial charge in [-0.25, -0.2) is 14.2 Å². The smallest absolute Gasteiger partial charge is 0.414 e. The minimum atomic E-state index is -1.07. The van der Waals surface area contributed by atoms with Gasteiger partial charge in [0, 0.05) is 22.9 Å². The highest BCUT2D eigenvalue weighted by molar-refractivity contribution is 8.00. The fraction of sp³-hybridized carbons (Fsp3) is 0.371. The third kappa shape index (κ3) is 8.89. The second-order valence-corrected chi connectivity index (χ2v) is 15.2. The number of nitrogens with one attached hydrogen (secondary N) is 2. The lowest BCUT2D eigenvalue weighted by Gasteiger charge is -2.49. The number of pyridine rings is 1. The van der Waals surface area contributed by atoms with Gasteiger partial charge in [0.25, 0.3) is 11.8 Å². The average molecular weight is 808 g/mol. The summed E-state index contributed by atoms with van der Waals surface area (Å²) in [5.74, 6) is -1.87. The molecule has 2 aliphatic rings. The summed E-state index contributed by atoms with van der Waals surface area (Å²) in [7, 11) is 1.55. The number of carbonyl (C=O) groups excluding carboxylic acids is 5. The molecule has 21 heteroatoms. The van der Waals surface area contributed by atoms with Gasteiger partial charge in [-0.05, 0) is 62.5 Å². The van der Waals surface area contributed by atoms with Gasteiger partial charge in [-0.2, -0.15) is 9.36 Å². The molecule has 5 heterocycles. The van der Waals surface area contributed by atoms with Crippen molar-refractivity contribution in [2.75, 3.05) is 24.8 Å². The normalized spacial score (nSPS) is 16.8. The van der Waals surface area contributed by atoms with Gasteiger partial charge >= 0.3 is 17.7 Å². The summed E-state index contributed by atoms with van der Waals surface area (Å²) in [6, 6.07) is 9.50. The van der Waals surface area contributed by atoms with Crippen LogP contribution in [0.2, 0.25) is 0 Å². The van der Waals surface area contributed by atoms with E-state index in [-0.39, 0.29) is 54.4 Å². The van der Waals surface area contributed by atoms with Crippen molar-refractivity contribution in [3.63, 3.8) is 0 Å². The summed E-state index contributed by atoms with van der Waals surface area (Å²) in [4.78, 5) is 80.6. The summed E-state index contributed by atoms with van der Waals surface area (Å²) in [6.45, 7) is 6.90. The number of thioether (sulfide) groups is 1. The number of amides is 4. The molecule has 2 unspecified atom stereocenters. The van der Waals surface area contributed by atoms with E-state index < -0.39 is 46.8 Å². The van der Waals surface area contributed by atoms with Crippen molar-refractivity contribution in [2.24, 2.45) is 10.9 Å². The molecule has 1 saturated heterocycles. The summed E-state index contributed by atoms with van der Waals surface area (Å²) >= 11 is 2.14. The van der Waals surface area contributed by atoms with Gasteiger partial charge in [0.1, 0.15) is 60.3 Å². The summed E-state index contributed by atoms with van der Waals surface area (Å²) in [5, 5.41) is 8.42. The number of methoxy groups -OCH3 is 1. The molecule has 4 amide bonds. The van der Waals surface area contributed by atoms with Crippen molar-refractivity contribution in [3.8, 4) is 5.75 Å². The molecule has 2 aliphatic heterocycles. The fourth-order valence-corrected chi connectivity index (χ4v) is 7.62. The molecule has 0 radical (unpaired) electrons. The van der Waals surface area contributed by atoms with Crippen LogP contribution in [0.15, 0.2) is 65.3 Å². The minimum Gasteiger partial charge on any atom is -0.497 e. The van der Waals surface area contributed by atoms with Crippen molar-refractivity contribution in [1.29, 1.82) is 0 Å². The number of nitrogens with two attached hydrogens (primary N) is 1. The van der Waals surface area contributed by atoms with E-state index in [2.05, 4.69) is 30.1 Å². The quantitative estimate of drug-likeness (QED) is 0.0543. The predicted molar refractivity (Wildman–Crippen MR) is 202 cm³/mol. The topological polar surface area (TPSA) is 235 Å². The first-order valence-corrected chi connectivity index (χ1v) is 19.0. The van der Waals surface area contributed by atoms with Crippen LogP contribution in [-0.2, 0) is 53.2 Å². The Hall–Kier alpha value is -6.09. The Balaban J connectivity index is 1.24. The molecule has 19 nitrogen and oxygen atoms in total. The van der Waals surface area contributed by atoms with E-state index >= 15 is 0 Å². The number of hydrogen-bond acceptors (Lipinski definition) is 15. The second kappa shape index (κ2) is 16.7. The number of β-lactam (4-membered cyclic amide) rings is 1. The first kappa shape index (κ1) is 39.6. The number of rotatable bonds is 14. The van der Waals surface area contributed by atoms with Gasteiger partial charge < -0.3 is 30.1 Å². The molecule has 56 heavy (non-hydrogen) atoms. The number of aromatic nitrogens is 5. The highest BCUT2D eigenvalue weighted by Gasteiger charge is 2.55. The number of hydrogen-bond donors (Lipinski definition) is 3. The van der Waals surface area contributed by atoms with Crippen LogP contribution in [0.4, 0.5) is 9.93 Å². The molecule has 294 valence electrons. The molecular formula is C35H39N10O9S2+. The number of nitrogens with zero attached hydrogens (tertiary/aromatic N) is 7. The number of fused-ring (bicyclic) bond motifs is 2. The predicted octanol–water partition coefficient (Wildman–Crippen LogP) is 1.85. The van der Waals surface area contributed by atoms with E-state index in [0.717, 1.165) is 11.5 Å². The van der Waals surface area contributed by atoms with Gasteiger partial charge in [0.2, 0.25) is 28.9 Å². The van der Waals surface area contributed by atoms with Crippen LogP contribution in [0.5, 0.6) is 5.75 Å². The van der Waals surface area contributed by atoms with Crippen molar-refractivity contribution in [2.45, 2.75) is 64.4 Å². The van der Waals surface area contributed by atoms with E-state index in [4.69, 9.17) is 24.8 Å². The molecule has 0 spiro atoms. The van der Waals surface area contributed by atoms with E-state index in [9.17, 15) is 24.0 Å². The zero-order valence-electron chi connectivity index (χ0n) is 31.0.